The first-order valence-corrected chi connectivity index (χ1v) is 9.32. The molecule has 0 rings (SSSR count). The molecule has 0 aromatic rings. The summed E-state index contributed by atoms with van der Waals surface area (Å²) in [6.07, 6.45) is 11.5. The van der Waals surface area contributed by atoms with Gasteiger partial charge in [-0.3, -0.25) is 4.79 Å². The molecule has 0 heterocycles. The largest absolute Gasteiger partial charge is 0.379 e. The fraction of sp³-hybridized carbons (Fsp3) is 0.944. The lowest BCUT2D eigenvalue weighted by Gasteiger charge is -2.07. The van der Waals surface area contributed by atoms with Gasteiger partial charge in [0.05, 0.1) is 26.4 Å². The minimum Gasteiger partial charge on any atom is -0.379 e. The van der Waals surface area contributed by atoms with Crippen LogP contribution in [0.15, 0.2) is 0 Å². The second kappa shape index (κ2) is 21.4. The van der Waals surface area contributed by atoms with Crippen molar-refractivity contribution in [1.82, 2.24) is 5.32 Å². The van der Waals surface area contributed by atoms with Gasteiger partial charge >= 0.3 is 0 Å². The third kappa shape index (κ3) is 21.4. The Morgan fingerprint density at radius 2 is 1.13 bits per heavy atom. The summed E-state index contributed by atoms with van der Waals surface area (Å²) in [4.78, 5) is 10.0. The highest BCUT2D eigenvalue weighted by Crippen LogP contribution is 2.05. The molecule has 0 aliphatic rings. The van der Waals surface area contributed by atoms with Gasteiger partial charge in [0.2, 0.25) is 6.41 Å². The van der Waals surface area contributed by atoms with Crippen LogP contribution in [0.1, 0.15) is 64.7 Å². The Hall–Kier alpha value is -0.650. The number of amides is 1. The normalized spacial score (nSPS) is 10.8. The quantitative estimate of drug-likeness (QED) is 0.275. The van der Waals surface area contributed by atoms with Crippen LogP contribution < -0.4 is 5.32 Å². The number of ether oxygens (including phenoxy) is 3. The Morgan fingerprint density at radius 1 is 0.652 bits per heavy atom. The van der Waals surface area contributed by atoms with E-state index >= 15 is 0 Å². The van der Waals surface area contributed by atoms with Gasteiger partial charge < -0.3 is 19.5 Å². The van der Waals surface area contributed by atoms with E-state index in [-0.39, 0.29) is 0 Å². The molecule has 0 bridgehead atoms. The van der Waals surface area contributed by atoms with Gasteiger partial charge in [0.25, 0.3) is 0 Å². The average molecular weight is 331 g/mol. The van der Waals surface area contributed by atoms with Gasteiger partial charge in [-0.1, -0.05) is 45.4 Å². The van der Waals surface area contributed by atoms with Crippen LogP contribution in [0.4, 0.5) is 0 Å². The maximum absolute atomic E-state index is 10.0. The Labute approximate surface area is 142 Å². The van der Waals surface area contributed by atoms with E-state index in [9.17, 15) is 4.79 Å². The van der Waals surface area contributed by atoms with Crippen LogP contribution in [0.2, 0.25) is 0 Å². The molecule has 0 unspecified atom stereocenters. The molecule has 0 spiro atoms. The van der Waals surface area contributed by atoms with Crippen LogP contribution in [0.3, 0.4) is 0 Å². The van der Waals surface area contributed by atoms with Crippen molar-refractivity contribution in [2.75, 3.05) is 46.2 Å². The second-order valence-corrected chi connectivity index (χ2v) is 5.74. The predicted octanol–water partition coefficient (Wildman–Crippen LogP) is 3.31. The van der Waals surface area contributed by atoms with Gasteiger partial charge in [-0.2, -0.15) is 0 Å². The highest BCUT2D eigenvalue weighted by Gasteiger charge is 1.94. The minimum atomic E-state index is 0.655. The molecule has 0 fully saturated rings. The molecule has 1 amide bonds. The third-order valence-electron chi connectivity index (χ3n) is 3.58. The summed E-state index contributed by atoms with van der Waals surface area (Å²) in [6.45, 7) is 7.34. The van der Waals surface area contributed by atoms with Gasteiger partial charge in [0, 0.05) is 19.8 Å². The van der Waals surface area contributed by atoms with Gasteiger partial charge in [-0.15, -0.1) is 0 Å². The number of nitrogens with one attached hydrogen (secondary N) is 1. The molecular formula is C18H37NO4. The molecule has 0 aliphatic heterocycles. The number of hydrogen-bond acceptors (Lipinski definition) is 4. The lowest BCUT2D eigenvalue weighted by Crippen LogP contribution is -2.11. The highest BCUT2D eigenvalue weighted by molar-refractivity contribution is 5.45. The van der Waals surface area contributed by atoms with Crippen LogP contribution in [-0.4, -0.2) is 52.6 Å². The highest BCUT2D eigenvalue weighted by atomic mass is 16.5. The SMILES string of the molecule is CCCCCOCCOCCOCCCCCCCCNC=O. The van der Waals surface area contributed by atoms with Crippen molar-refractivity contribution in [3.63, 3.8) is 0 Å². The molecular weight excluding hydrogens is 294 g/mol. The van der Waals surface area contributed by atoms with Crippen molar-refractivity contribution in [3.8, 4) is 0 Å². The summed E-state index contributed by atoms with van der Waals surface area (Å²) in [5.74, 6) is 0. The first kappa shape index (κ1) is 22.4. The number of unbranched alkanes of at least 4 members (excludes halogenated alkanes) is 7. The van der Waals surface area contributed by atoms with Gasteiger partial charge in [-0.05, 0) is 19.3 Å². The Kier molecular flexibility index (Phi) is 20.7. The van der Waals surface area contributed by atoms with E-state index in [1.54, 1.807) is 0 Å². The summed E-state index contributed by atoms with van der Waals surface area (Å²) in [7, 11) is 0. The van der Waals surface area contributed by atoms with Crippen LogP contribution in [0, 0.1) is 0 Å². The second-order valence-electron chi connectivity index (χ2n) is 5.74. The van der Waals surface area contributed by atoms with Crippen LogP contribution in [0.5, 0.6) is 0 Å². The topological polar surface area (TPSA) is 56.8 Å². The number of rotatable bonds is 20. The van der Waals surface area contributed by atoms with Crippen LogP contribution in [0.25, 0.3) is 0 Å². The van der Waals surface area contributed by atoms with Crippen LogP contribution in [-0.2, 0) is 19.0 Å². The standard InChI is InChI=1S/C18H37NO4/c1-2-3-9-12-21-14-16-23-17-15-22-13-10-7-5-4-6-8-11-19-18-20/h18H,2-17H2,1H3,(H,19,20). The van der Waals surface area contributed by atoms with Crippen molar-refractivity contribution in [2.45, 2.75) is 64.7 Å². The summed E-state index contributed by atoms with van der Waals surface area (Å²) in [6, 6.07) is 0. The molecule has 0 saturated carbocycles. The van der Waals surface area contributed by atoms with Crippen molar-refractivity contribution < 1.29 is 19.0 Å². The number of hydrogen-bond donors (Lipinski definition) is 1. The lowest BCUT2D eigenvalue weighted by molar-refractivity contribution is -0.109. The summed E-state index contributed by atoms with van der Waals surface area (Å²) in [5.41, 5.74) is 0. The first-order valence-electron chi connectivity index (χ1n) is 9.32. The van der Waals surface area contributed by atoms with Gasteiger partial charge in [-0.25, -0.2) is 0 Å². The molecule has 0 atom stereocenters. The van der Waals surface area contributed by atoms with E-state index < -0.39 is 0 Å². The van der Waals surface area contributed by atoms with E-state index in [1.165, 1.54) is 38.5 Å². The Bertz CT molecular complexity index is 227. The minimum absolute atomic E-state index is 0.655. The monoisotopic (exact) mass is 331 g/mol. The van der Waals surface area contributed by atoms with Crippen LogP contribution >= 0.6 is 0 Å². The fourth-order valence-corrected chi connectivity index (χ4v) is 2.19. The van der Waals surface area contributed by atoms with E-state index in [0.717, 1.165) is 45.4 Å². The molecule has 0 aliphatic carbocycles. The van der Waals surface area contributed by atoms with Gasteiger partial charge in [0.15, 0.2) is 0 Å². The van der Waals surface area contributed by atoms with E-state index in [2.05, 4.69) is 12.2 Å². The number of carbonyl (C=O) groups excluding carboxylic acids is 1. The average Bonchev–Trinajstić information content (AvgIpc) is 2.57. The Morgan fingerprint density at radius 3 is 1.70 bits per heavy atom. The predicted molar refractivity (Wildman–Crippen MR) is 93.8 cm³/mol. The van der Waals surface area contributed by atoms with Crippen molar-refractivity contribution >= 4 is 6.41 Å². The zero-order valence-corrected chi connectivity index (χ0v) is 15.0. The molecule has 5 heteroatoms. The maximum atomic E-state index is 10.0. The lowest BCUT2D eigenvalue weighted by atomic mass is 10.1. The molecule has 1 N–H and O–H groups in total. The fourth-order valence-electron chi connectivity index (χ4n) is 2.19. The Balaban J connectivity index is 2.93. The third-order valence-corrected chi connectivity index (χ3v) is 3.58. The zero-order chi connectivity index (χ0) is 16.8. The zero-order valence-electron chi connectivity index (χ0n) is 15.0. The van der Waals surface area contributed by atoms with E-state index in [4.69, 9.17) is 14.2 Å². The smallest absolute Gasteiger partial charge is 0.207 e. The molecule has 5 nitrogen and oxygen atoms in total. The van der Waals surface area contributed by atoms with E-state index in [0.29, 0.717) is 26.4 Å². The number of carbonyl (C=O) groups is 1. The van der Waals surface area contributed by atoms with Gasteiger partial charge in [0.1, 0.15) is 0 Å². The van der Waals surface area contributed by atoms with Crippen molar-refractivity contribution in [1.29, 1.82) is 0 Å². The molecule has 0 radical (unpaired) electrons. The molecule has 0 aromatic carbocycles. The summed E-state index contributed by atoms with van der Waals surface area (Å²) in [5, 5.41) is 2.68. The maximum Gasteiger partial charge on any atom is 0.207 e. The summed E-state index contributed by atoms with van der Waals surface area (Å²) < 4.78 is 16.5. The summed E-state index contributed by atoms with van der Waals surface area (Å²) >= 11 is 0. The molecule has 0 aromatic heterocycles. The first-order chi connectivity index (χ1) is 11.4. The van der Waals surface area contributed by atoms with Crippen molar-refractivity contribution in [3.05, 3.63) is 0 Å². The van der Waals surface area contributed by atoms with Crippen molar-refractivity contribution in [2.24, 2.45) is 0 Å². The molecule has 23 heavy (non-hydrogen) atoms. The van der Waals surface area contributed by atoms with E-state index in [1.807, 2.05) is 0 Å². The molecule has 138 valence electrons. The molecule has 0 saturated heterocycles.